The molecule has 1 amide bonds. The van der Waals surface area contributed by atoms with Crippen molar-refractivity contribution in [2.75, 3.05) is 6.54 Å². The van der Waals surface area contributed by atoms with Gasteiger partial charge in [0.05, 0.1) is 11.6 Å². The fourth-order valence-corrected chi connectivity index (χ4v) is 1.56. The minimum absolute atomic E-state index is 0.0330. The molecule has 4 nitrogen and oxygen atoms in total. The Morgan fingerprint density at radius 2 is 2.29 bits per heavy atom. The summed E-state index contributed by atoms with van der Waals surface area (Å²) in [6.45, 7) is 2.36. The van der Waals surface area contributed by atoms with Gasteiger partial charge >= 0.3 is 0 Å². The number of hydrogen-bond donors (Lipinski definition) is 3. The van der Waals surface area contributed by atoms with Crippen molar-refractivity contribution < 1.29 is 9.90 Å². The van der Waals surface area contributed by atoms with Crippen LogP contribution in [-0.2, 0) is 4.79 Å². The maximum atomic E-state index is 11.5. The summed E-state index contributed by atoms with van der Waals surface area (Å²) in [5, 5.41) is 11.8. The van der Waals surface area contributed by atoms with Gasteiger partial charge in [0, 0.05) is 6.54 Å². The van der Waals surface area contributed by atoms with Gasteiger partial charge in [0.2, 0.25) is 5.91 Å². The Morgan fingerprint density at radius 1 is 1.64 bits per heavy atom. The molecule has 0 saturated heterocycles. The first-order valence-corrected chi connectivity index (χ1v) is 5.30. The molecule has 4 heteroatoms. The predicted octanol–water partition coefficient (Wildman–Crippen LogP) is 0.145. The van der Waals surface area contributed by atoms with Crippen LogP contribution >= 0.6 is 0 Å². The summed E-state index contributed by atoms with van der Waals surface area (Å²) < 4.78 is 0. The number of hydrogen-bond acceptors (Lipinski definition) is 3. The van der Waals surface area contributed by atoms with Gasteiger partial charge in [-0.25, -0.2) is 0 Å². The number of nitrogens with one attached hydrogen (secondary N) is 1. The molecule has 0 spiro atoms. The van der Waals surface area contributed by atoms with E-state index in [1.807, 2.05) is 0 Å². The zero-order valence-electron chi connectivity index (χ0n) is 8.75. The lowest BCUT2D eigenvalue weighted by molar-refractivity contribution is -0.129. The van der Waals surface area contributed by atoms with Gasteiger partial charge in [-0.1, -0.05) is 0 Å². The van der Waals surface area contributed by atoms with Crippen molar-refractivity contribution in [1.82, 2.24) is 5.32 Å². The van der Waals surface area contributed by atoms with Crippen LogP contribution in [-0.4, -0.2) is 29.2 Å². The molecule has 1 rings (SSSR count). The molecule has 1 unspecified atom stereocenters. The second-order valence-corrected chi connectivity index (χ2v) is 4.26. The number of carbonyl (C=O) groups excluding carboxylic acids is 1. The molecule has 82 valence electrons. The Labute approximate surface area is 84.9 Å². The van der Waals surface area contributed by atoms with Gasteiger partial charge in [-0.05, 0) is 39.0 Å². The summed E-state index contributed by atoms with van der Waals surface area (Å²) in [6.07, 6.45) is 3.89. The van der Waals surface area contributed by atoms with Gasteiger partial charge in [-0.15, -0.1) is 0 Å². The second-order valence-electron chi connectivity index (χ2n) is 4.26. The third kappa shape index (κ3) is 2.96. The Morgan fingerprint density at radius 3 is 2.71 bits per heavy atom. The van der Waals surface area contributed by atoms with Gasteiger partial charge in [-0.2, -0.15) is 0 Å². The molecule has 4 N–H and O–H groups in total. The summed E-state index contributed by atoms with van der Waals surface area (Å²) in [4.78, 5) is 11.5. The van der Waals surface area contributed by atoms with E-state index >= 15 is 0 Å². The van der Waals surface area contributed by atoms with E-state index in [0.29, 0.717) is 6.54 Å². The van der Waals surface area contributed by atoms with Crippen LogP contribution in [0.3, 0.4) is 0 Å². The molecular weight excluding hydrogens is 180 g/mol. The van der Waals surface area contributed by atoms with E-state index in [9.17, 15) is 4.79 Å². The van der Waals surface area contributed by atoms with E-state index in [4.69, 9.17) is 10.8 Å². The molecule has 0 bridgehead atoms. The Balaban J connectivity index is 2.09. The molecule has 0 heterocycles. The zero-order chi connectivity index (χ0) is 10.6. The van der Waals surface area contributed by atoms with E-state index in [0.717, 1.165) is 32.1 Å². The summed E-state index contributed by atoms with van der Waals surface area (Å²) in [7, 11) is 0. The molecular formula is C10H20N2O2. The molecule has 14 heavy (non-hydrogen) atoms. The number of carbonyl (C=O) groups is 1. The average Bonchev–Trinajstić information content (AvgIpc) is 2.07. The normalized spacial score (nSPS) is 21.1. The summed E-state index contributed by atoms with van der Waals surface area (Å²) >= 11 is 0. The molecule has 0 aromatic rings. The quantitative estimate of drug-likeness (QED) is 0.553. The Bertz CT molecular complexity index is 200. The molecule has 0 radical (unpaired) electrons. The highest BCUT2D eigenvalue weighted by Gasteiger charge is 2.39. The topological polar surface area (TPSA) is 75.3 Å². The number of aliphatic hydroxyl groups excluding tert-OH is 1. The van der Waals surface area contributed by atoms with Crippen LogP contribution in [0, 0.1) is 0 Å². The van der Waals surface area contributed by atoms with E-state index < -0.39 is 5.54 Å². The smallest absolute Gasteiger partial charge is 0.240 e. The fraction of sp³-hybridized carbons (Fsp3) is 0.900. The lowest BCUT2D eigenvalue weighted by Gasteiger charge is -2.36. The molecule has 0 aromatic heterocycles. The minimum Gasteiger partial charge on any atom is -0.393 e. The van der Waals surface area contributed by atoms with Crippen molar-refractivity contribution >= 4 is 5.91 Å². The largest absolute Gasteiger partial charge is 0.393 e. The first-order chi connectivity index (χ1) is 6.54. The summed E-state index contributed by atoms with van der Waals surface area (Å²) in [5.41, 5.74) is 5.23. The molecule has 0 aliphatic heterocycles. The minimum atomic E-state index is -0.592. The third-order valence-electron chi connectivity index (χ3n) is 2.78. The Hall–Kier alpha value is -0.610. The lowest BCUT2D eigenvalue weighted by atomic mass is 9.77. The number of amides is 1. The fourth-order valence-electron chi connectivity index (χ4n) is 1.56. The second kappa shape index (κ2) is 4.75. The molecule has 1 aliphatic carbocycles. The first-order valence-electron chi connectivity index (χ1n) is 5.30. The lowest BCUT2D eigenvalue weighted by Crippen LogP contribution is -2.58. The van der Waals surface area contributed by atoms with E-state index in [1.165, 1.54) is 0 Å². The van der Waals surface area contributed by atoms with Gasteiger partial charge in [0.1, 0.15) is 0 Å². The molecule has 1 aliphatic rings. The van der Waals surface area contributed by atoms with Crippen molar-refractivity contribution in [2.45, 2.75) is 50.7 Å². The van der Waals surface area contributed by atoms with Crippen LogP contribution in [0.15, 0.2) is 0 Å². The number of aliphatic hydroxyl groups is 1. The van der Waals surface area contributed by atoms with Gasteiger partial charge < -0.3 is 16.2 Å². The summed E-state index contributed by atoms with van der Waals surface area (Å²) in [5.74, 6) is -0.0330. The third-order valence-corrected chi connectivity index (χ3v) is 2.78. The van der Waals surface area contributed by atoms with E-state index in [2.05, 4.69) is 5.32 Å². The van der Waals surface area contributed by atoms with Crippen molar-refractivity contribution in [2.24, 2.45) is 5.73 Å². The predicted molar refractivity (Wildman–Crippen MR) is 54.7 cm³/mol. The highest BCUT2D eigenvalue weighted by Crippen LogP contribution is 2.28. The van der Waals surface area contributed by atoms with Crippen LogP contribution in [0.5, 0.6) is 0 Å². The van der Waals surface area contributed by atoms with Crippen LogP contribution in [0.4, 0.5) is 0 Å². The molecule has 0 aromatic carbocycles. The zero-order valence-corrected chi connectivity index (χ0v) is 8.75. The van der Waals surface area contributed by atoms with Gasteiger partial charge in [0.15, 0.2) is 0 Å². The Kier molecular flexibility index (Phi) is 3.89. The molecule has 1 saturated carbocycles. The maximum absolute atomic E-state index is 11.5. The van der Waals surface area contributed by atoms with E-state index in [-0.39, 0.29) is 12.0 Å². The van der Waals surface area contributed by atoms with Crippen molar-refractivity contribution in [3.05, 3.63) is 0 Å². The monoisotopic (exact) mass is 200 g/mol. The van der Waals surface area contributed by atoms with Crippen LogP contribution < -0.4 is 11.1 Å². The van der Waals surface area contributed by atoms with Crippen LogP contribution in [0.25, 0.3) is 0 Å². The maximum Gasteiger partial charge on any atom is 0.240 e. The SMILES string of the molecule is CC(O)CCCNC(=O)C1(N)CCC1. The van der Waals surface area contributed by atoms with Crippen molar-refractivity contribution in [3.8, 4) is 0 Å². The molecule has 1 fully saturated rings. The standard InChI is InChI=1S/C10H20N2O2/c1-8(13)4-2-7-12-9(14)10(11)5-3-6-10/h8,13H,2-7,11H2,1H3,(H,12,14). The van der Waals surface area contributed by atoms with Crippen molar-refractivity contribution in [3.63, 3.8) is 0 Å². The number of nitrogens with two attached hydrogens (primary N) is 1. The van der Waals surface area contributed by atoms with Crippen LogP contribution in [0.2, 0.25) is 0 Å². The molecule has 1 atom stereocenters. The van der Waals surface area contributed by atoms with E-state index in [1.54, 1.807) is 6.92 Å². The highest BCUT2D eigenvalue weighted by molar-refractivity contribution is 5.86. The summed E-state index contributed by atoms with van der Waals surface area (Å²) in [6, 6.07) is 0. The highest BCUT2D eigenvalue weighted by atomic mass is 16.3. The van der Waals surface area contributed by atoms with Gasteiger partial charge in [0.25, 0.3) is 0 Å². The number of rotatable bonds is 5. The van der Waals surface area contributed by atoms with Gasteiger partial charge in [-0.3, -0.25) is 4.79 Å². The van der Waals surface area contributed by atoms with Crippen molar-refractivity contribution in [1.29, 1.82) is 0 Å². The first kappa shape index (κ1) is 11.5. The van der Waals surface area contributed by atoms with Crippen LogP contribution in [0.1, 0.15) is 39.0 Å². The average molecular weight is 200 g/mol.